The van der Waals surface area contributed by atoms with Gasteiger partial charge in [0, 0.05) is 31.2 Å². The molecular weight excluding hydrogens is 238 g/mol. The second kappa shape index (κ2) is 7.02. The maximum absolute atomic E-state index is 5.99. The summed E-state index contributed by atoms with van der Waals surface area (Å²) in [6, 6.07) is 1.55. The van der Waals surface area contributed by atoms with Gasteiger partial charge in [-0.25, -0.2) is 0 Å². The van der Waals surface area contributed by atoms with Gasteiger partial charge in [-0.05, 0) is 53.1 Å². The van der Waals surface area contributed by atoms with Gasteiger partial charge in [0.2, 0.25) is 0 Å². The summed E-state index contributed by atoms with van der Waals surface area (Å²) in [6.45, 7) is 12.1. The van der Waals surface area contributed by atoms with E-state index in [1.165, 1.54) is 32.4 Å². The molecule has 0 aromatic carbocycles. The Kier molecular flexibility index (Phi) is 5.63. The van der Waals surface area contributed by atoms with E-state index in [0.717, 1.165) is 25.7 Å². The third-order valence-electron chi connectivity index (χ3n) is 4.69. The molecule has 2 saturated heterocycles. The standard InChI is InChI=1S/C15H31N3O/c1-12(2)17-7-4-5-14(6-8-17)18-9-10-19-15(11-18)13(3)16/h12-15H,4-11,16H2,1-3H3. The van der Waals surface area contributed by atoms with Crippen LogP contribution in [0.5, 0.6) is 0 Å². The third-order valence-corrected chi connectivity index (χ3v) is 4.69. The molecule has 3 unspecified atom stereocenters. The van der Waals surface area contributed by atoms with Crippen LogP contribution in [0.4, 0.5) is 0 Å². The van der Waals surface area contributed by atoms with E-state index in [9.17, 15) is 0 Å². The van der Waals surface area contributed by atoms with Crippen molar-refractivity contribution < 1.29 is 4.74 Å². The van der Waals surface area contributed by atoms with Gasteiger partial charge in [0.15, 0.2) is 0 Å². The van der Waals surface area contributed by atoms with Crippen LogP contribution in [0.25, 0.3) is 0 Å². The summed E-state index contributed by atoms with van der Waals surface area (Å²) >= 11 is 0. The van der Waals surface area contributed by atoms with Crippen molar-refractivity contribution in [2.24, 2.45) is 5.73 Å². The molecule has 0 amide bonds. The molecule has 19 heavy (non-hydrogen) atoms. The Labute approximate surface area is 118 Å². The number of nitrogens with two attached hydrogens (primary N) is 1. The zero-order valence-corrected chi connectivity index (χ0v) is 12.8. The number of hydrogen-bond donors (Lipinski definition) is 1. The molecule has 112 valence electrons. The highest BCUT2D eigenvalue weighted by Gasteiger charge is 2.29. The average Bonchev–Trinajstić information content (AvgIpc) is 2.64. The van der Waals surface area contributed by atoms with Crippen LogP contribution in [0.1, 0.15) is 40.0 Å². The van der Waals surface area contributed by atoms with Crippen LogP contribution in [-0.4, -0.2) is 66.8 Å². The number of ether oxygens (including phenoxy) is 1. The van der Waals surface area contributed by atoms with E-state index < -0.39 is 0 Å². The summed E-state index contributed by atoms with van der Waals surface area (Å²) in [5, 5.41) is 0. The molecule has 0 aromatic heterocycles. The molecule has 0 radical (unpaired) electrons. The molecule has 3 atom stereocenters. The molecular formula is C15H31N3O. The van der Waals surface area contributed by atoms with Crippen molar-refractivity contribution in [1.29, 1.82) is 0 Å². The highest BCUT2D eigenvalue weighted by molar-refractivity contribution is 4.84. The first-order chi connectivity index (χ1) is 9.08. The first-order valence-electron chi connectivity index (χ1n) is 7.93. The number of nitrogens with zero attached hydrogens (tertiary/aromatic N) is 2. The number of hydrogen-bond acceptors (Lipinski definition) is 4. The molecule has 2 rings (SSSR count). The summed E-state index contributed by atoms with van der Waals surface area (Å²) in [5.74, 6) is 0. The van der Waals surface area contributed by atoms with Gasteiger partial charge in [-0.3, -0.25) is 4.90 Å². The SMILES string of the molecule is CC(N)C1CN(C2CCCN(C(C)C)CC2)CCO1. The highest BCUT2D eigenvalue weighted by atomic mass is 16.5. The Bertz CT molecular complexity index is 270. The maximum atomic E-state index is 5.99. The van der Waals surface area contributed by atoms with Crippen molar-refractivity contribution >= 4 is 0 Å². The molecule has 0 spiro atoms. The Hall–Kier alpha value is -0.160. The number of rotatable bonds is 3. The molecule has 4 nitrogen and oxygen atoms in total. The van der Waals surface area contributed by atoms with E-state index in [-0.39, 0.29) is 12.1 Å². The topological polar surface area (TPSA) is 41.7 Å². The Balaban J connectivity index is 1.87. The quantitative estimate of drug-likeness (QED) is 0.838. The summed E-state index contributed by atoms with van der Waals surface area (Å²) in [5.41, 5.74) is 5.99. The van der Waals surface area contributed by atoms with E-state index in [2.05, 4.69) is 30.6 Å². The first kappa shape index (κ1) is 15.2. The second-order valence-corrected chi connectivity index (χ2v) is 6.48. The monoisotopic (exact) mass is 269 g/mol. The van der Waals surface area contributed by atoms with Crippen LogP contribution in [0.15, 0.2) is 0 Å². The number of morpholine rings is 1. The van der Waals surface area contributed by atoms with Gasteiger partial charge in [0.05, 0.1) is 12.7 Å². The van der Waals surface area contributed by atoms with Crippen molar-refractivity contribution in [3.05, 3.63) is 0 Å². The second-order valence-electron chi connectivity index (χ2n) is 6.48. The highest BCUT2D eigenvalue weighted by Crippen LogP contribution is 2.21. The van der Waals surface area contributed by atoms with Gasteiger partial charge in [-0.2, -0.15) is 0 Å². The van der Waals surface area contributed by atoms with Gasteiger partial charge in [-0.15, -0.1) is 0 Å². The predicted molar refractivity (Wildman–Crippen MR) is 79.3 cm³/mol. The van der Waals surface area contributed by atoms with Crippen LogP contribution >= 0.6 is 0 Å². The molecule has 2 aliphatic rings. The Morgan fingerprint density at radius 2 is 1.89 bits per heavy atom. The molecule has 2 fully saturated rings. The van der Waals surface area contributed by atoms with Gasteiger partial charge in [0.25, 0.3) is 0 Å². The lowest BCUT2D eigenvalue weighted by Crippen LogP contribution is -2.52. The van der Waals surface area contributed by atoms with E-state index in [1.807, 2.05) is 0 Å². The van der Waals surface area contributed by atoms with Gasteiger partial charge < -0.3 is 15.4 Å². The lowest BCUT2D eigenvalue weighted by atomic mass is 10.0. The average molecular weight is 269 g/mol. The molecule has 2 N–H and O–H groups in total. The number of likely N-dealkylation sites (tertiary alicyclic amines) is 1. The maximum Gasteiger partial charge on any atom is 0.0850 e. The zero-order chi connectivity index (χ0) is 13.8. The van der Waals surface area contributed by atoms with Crippen LogP contribution < -0.4 is 5.73 Å². The van der Waals surface area contributed by atoms with Crippen LogP contribution in [0, 0.1) is 0 Å². The van der Waals surface area contributed by atoms with Gasteiger partial charge >= 0.3 is 0 Å². The molecule has 0 bridgehead atoms. The van der Waals surface area contributed by atoms with Gasteiger partial charge in [-0.1, -0.05) is 0 Å². The summed E-state index contributed by atoms with van der Waals surface area (Å²) in [4.78, 5) is 5.24. The molecule has 2 heterocycles. The van der Waals surface area contributed by atoms with E-state index in [4.69, 9.17) is 10.5 Å². The van der Waals surface area contributed by atoms with Crippen LogP contribution in [0.3, 0.4) is 0 Å². The summed E-state index contributed by atoms with van der Waals surface area (Å²) in [7, 11) is 0. The smallest absolute Gasteiger partial charge is 0.0850 e. The minimum absolute atomic E-state index is 0.140. The molecule has 0 aromatic rings. The Morgan fingerprint density at radius 3 is 2.58 bits per heavy atom. The fraction of sp³-hybridized carbons (Fsp3) is 1.00. The van der Waals surface area contributed by atoms with Crippen molar-refractivity contribution in [3.8, 4) is 0 Å². The summed E-state index contributed by atoms with van der Waals surface area (Å²) < 4.78 is 5.77. The zero-order valence-electron chi connectivity index (χ0n) is 12.8. The Morgan fingerprint density at radius 1 is 1.11 bits per heavy atom. The minimum atomic E-state index is 0.140. The van der Waals surface area contributed by atoms with Crippen molar-refractivity contribution in [3.63, 3.8) is 0 Å². The van der Waals surface area contributed by atoms with Crippen molar-refractivity contribution in [2.45, 2.75) is 64.3 Å². The van der Waals surface area contributed by atoms with Crippen LogP contribution in [-0.2, 0) is 4.74 Å². The van der Waals surface area contributed by atoms with E-state index in [0.29, 0.717) is 6.04 Å². The van der Waals surface area contributed by atoms with E-state index >= 15 is 0 Å². The van der Waals surface area contributed by atoms with Crippen LogP contribution in [0.2, 0.25) is 0 Å². The largest absolute Gasteiger partial charge is 0.374 e. The van der Waals surface area contributed by atoms with Crippen molar-refractivity contribution in [1.82, 2.24) is 9.80 Å². The fourth-order valence-corrected chi connectivity index (χ4v) is 3.33. The predicted octanol–water partition coefficient (Wildman–Crippen LogP) is 1.30. The minimum Gasteiger partial charge on any atom is -0.374 e. The normalized spacial score (nSPS) is 33.3. The lowest BCUT2D eigenvalue weighted by Gasteiger charge is -2.39. The lowest BCUT2D eigenvalue weighted by molar-refractivity contribution is -0.0533. The summed E-state index contributed by atoms with van der Waals surface area (Å²) in [6.07, 6.45) is 4.17. The van der Waals surface area contributed by atoms with Gasteiger partial charge in [0.1, 0.15) is 0 Å². The first-order valence-corrected chi connectivity index (χ1v) is 7.93. The molecule has 0 saturated carbocycles. The molecule has 0 aliphatic carbocycles. The third kappa shape index (κ3) is 4.15. The fourth-order valence-electron chi connectivity index (χ4n) is 3.33. The molecule has 4 heteroatoms. The van der Waals surface area contributed by atoms with Crippen molar-refractivity contribution in [2.75, 3.05) is 32.8 Å². The molecule has 2 aliphatic heterocycles. The van der Waals surface area contributed by atoms with E-state index in [1.54, 1.807) is 0 Å².